The number of aliphatic carboxylic acids is 1. The molecule has 4 aliphatic carbocycles. The highest BCUT2D eigenvalue weighted by Crippen LogP contribution is 2.60. The smallest absolute Gasteiger partial charge is 0.307 e. The SMILES string of the molecule is C[C@@]12CCC[C@H]1[C@@H]1C=CC3=C(CC(=O)O)CC=C[C@@H]3[C@H]1CC2. The first-order valence-corrected chi connectivity index (χ1v) is 8.87. The summed E-state index contributed by atoms with van der Waals surface area (Å²) in [6.07, 6.45) is 17.2. The highest BCUT2D eigenvalue weighted by Gasteiger charge is 2.50. The number of carbonyl (C=O) groups is 1. The molecule has 22 heavy (non-hydrogen) atoms. The Balaban J connectivity index is 1.69. The van der Waals surface area contributed by atoms with Gasteiger partial charge in [-0.1, -0.05) is 43.2 Å². The minimum absolute atomic E-state index is 0.207. The van der Waals surface area contributed by atoms with Crippen LogP contribution < -0.4 is 0 Å². The summed E-state index contributed by atoms with van der Waals surface area (Å²) in [6, 6.07) is 0. The van der Waals surface area contributed by atoms with Gasteiger partial charge in [0, 0.05) is 5.92 Å². The van der Waals surface area contributed by atoms with Gasteiger partial charge in [0.05, 0.1) is 6.42 Å². The second-order valence-electron chi connectivity index (χ2n) is 8.08. The van der Waals surface area contributed by atoms with E-state index in [1.807, 2.05) is 0 Å². The molecule has 0 heterocycles. The third-order valence-electron chi connectivity index (χ3n) is 6.96. The van der Waals surface area contributed by atoms with Crippen molar-refractivity contribution in [2.45, 2.75) is 51.9 Å². The molecule has 2 heteroatoms. The molecular weight excluding hydrogens is 272 g/mol. The zero-order chi connectivity index (χ0) is 15.3. The Kier molecular flexibility index (Phi) is 3.32. The number of carboxylic acids is 1. The molecule has 0 aromatic heterocycles. The third kappa shape index (κ3) is 2.11. The van der Waals surface area contributed by atoms with Crippen molar-refractivity contribution in [1.82, 2.24) is 0 Å². The van der Waals surface area contributed by atoms with E-state index in [1.165, 1.54) is 37.7 Å². The lowest BCUT2D eigenvalue weighted by Gasteiger charge is -2.50. The quantitative estimate of drug-likeness (QED) is 0.748. The first-order chi connectivity index (χ1) is 10.6. The maximum Gasteiger partial charge on any atom is 0.307 e. The molecular formula is C20H26O2. The average molecular weight is 298 g/mol. The van der Waals surface area contributed by atoms with Crippen molar-refractivity contribution >= 4 is 5.97 Å². The van der Waals surface area contributed by atoms with Crippen molar-refractivity contribution in [3.63, 3.8) is 0 Å². The molecule has 118 valence electrons. The van der Waals surface area contributed by atoms with Crippen LogP contribution in [0.25, 0.3) is 0 Å². The molecule has 2 nitrogen and oxygen atoms in total. The maximum atomic E-state index is 11.1. The van der Waals surface area contributed by atoms with Gasteiger partial charge in [0.25, 0.3) is 0 Å². The molecule has 2 fully saturated rings. The van der Waals surface area contributed by atoms with Crippen molar-refractivity contribution in [3.8, 4) is 0 Å². The second-order valence-corrected chi connectivity index (χ2v) is 8.08. The minimum Gasteiger partial charge on any atom is -0.481 e. The summed E-state index contributed by atoms with van der Waals surface area (Å²) in [7, 11) is 0. The van der Waals surface area contributed by atoms with E-state index in [9.17, 15) is 4.79 Å². The van der Waals surface area contributed by atoms with Gasteiger partial charge in [-0.25, -0.2) is 0 Å². The maximum absolute atomic E-state index is 11.1. The Bertz CT molecular complexity index is 583. The normalized spacial score (nSPS) is 42.8. The van der Waals surface area contributed by atoms with Gasteiger partial charge >= 0.3 is 5.97 Å². The van der Waals surface area contributed by atoms with Crippen molar-refractivity contribution in [2.24, 2.45) is 29.1 Å². The molecule has 0 radical (unpaired) electrons. The van der Waals surface area contributed by atoms with Crippen molar-refractivity contribution < 1.29 is 9.90 Å². The molecule has 0 saturated heterocycles. The van der Waals surface area contributed by atoms with Crippen LogP contribution in [0.3, 0.4) is 0 Å². The van der Waals surface area contributed by atoms with E-state index in [-0.39, 0.29) is 6.42 Å². The van der Waals surface area contributed by atoms with Crippen LogP contribution in [-0.4, -0.2) is 11.1 Å². The van der Waals surface area contributed by atoms with Gasteiger partial charge in [0.1, 0.15) is 0 Å². The van der Waals surface area contributed by atoms with Gasteiger partial charge in [-0.15, -0.1) is 0 Å². The first-order valence-electron chi connectivity index (χ1n) is 8.87. The van der Waals surface area contributed by atoms with Gasteiger partial charge in [0.15, 0.2) is 0 Å². The summed E-state index contributed by atoms with van der Waals surface area (Å²) >= 11 is 0. The molecule has 2 saturated carbocycles. The molecule has 0 aromatic carbocycles. The molecule has 4 rings (SSSR count). The summed E-state index contributed by atoms with van der Waals surface area (Å²) in [5.74, 6) is 2.05. The van der Waals surface area contributed by atoms with E-state index >= 15 is 0 Å². The lowest BCUT2D eigenvalue weighted by Crippen LogP contribution is -2.42. The topological polar surface area (TPSA) is 37.3 Å². The van der Waals surface area contributed by atoms with Crippen LogP contribution in [0.1, 0.15) is 51.9 Å². The van der Waals surface area contributed by atoms with E-state index in [1.54, 1.807) is 0 Å². The van der Waals surface area contributed by atoms with E-state index in [0.717, 1.165) is 17.9 Å². The first kappa shape index (κ1) is 14.3. The number of fused-ring (bicyclic) bond motifs is 5. The monoisotopic (exact) mass is 298 g/mol. The van der Waals surface area contributed by atoms with Gasteiger partial charge in [-0.05, 0) is 60.8 Å². The van der Waals surface area contributed by atoms with Crippen LogP contribution in [0.2, 0.25) is 0 Å². The van der Waals surface area contributed by atoms with Crippen molar-refractivity contribution in [1.29, 1.82) is 0 Å². The molecule has 0 aliphatic heterocycles. The second kappa shape index (κ2) is 5.11. The highest BCUT2D eigenvalue weighted by atomic mass is 16.4. The molecule has 0 aromatic rings. The molecule has 1 N–H and O–H groups in total. The molecule has 0 unspecified atom stereocenters. The standard InChI is InChI=1S/C20H26O2/c1-20-10-3-6-18(20)17-8-7-14-13(12-19(21)22)4-2-5-15(14)16(17)9-11-20/h2,5,7-8,15-18H,3-4,6,9-12H2,1H3,(H,21,22)/t15-,16+,17+,18-,20-/m0/s1. The summed E-state index contributed by atoms with van der Waals surface area (Å²) in [5.41, 5.74) is 3.02. The highest BCUT2D eigenvalue weighted by molar-refractivity contribution is 5.71. The van der Waals surface area contributed by atoms with E-state index in [4.69, 9.17) is 5.11 Å². The average Bonchev–Trinajstić information content (AvgIpc) is 2.88. The van der Waals surface area contributed by atoms with Crippen LogP contribution in [-0.2, 0) is 4.79 Å². The zero-order valence-corrected chi connectivity index (χ0v) is 13.4. The van der Waals surface area contributed by atoms with Gasteiger partial charge < -0.3 is 5.11 Å². The number of allylic oxidation sites excluding steroid dienone is 5. The molecule has 0 bridgehead atoms. The fraction of sp³-hybridized carbons (Fsp3) is 0.650. The summed E-state index contributed by atoms with van der Waals surface area (Å²) < 4.78 is 0. The Hall–Kier alpha value is -1.31. The van der Waals surface area contributed by atoms with E-state index in [0.29, 0.717) is 23.2 Å². The Morgan fingerprint density at radius 2 is 2.18 bits per heavy atom. The largest absolute Gasteiger partial charge is 0.481 e. The van der Waals surface area contributed by atoms with E-state index < -0.39 is 5.97 Å². The van der Waals surface area contributed by atoms with Gasteiger partial charge in [0.2, 0.25) is 0 Å². The van der Waals surface area contributed by atoms with Crippen LogP contribution in [0, 0.1) is 29.1 Å². The summed E-state index contributed by atoms with van der Waals surface area (Å²) in [4.78, 5) is 11.1. The Labute approximate surface area is 133 Å². The number of rotatable bonds is 2. The molecule has 5 atom stereocenters. The lowest BCUT2D eigenvalue weighted by molar-refractivity contribution is -0.136. The summed E-state index contributed by atoms with van der Waals surface area (Å²) in [6.45, 7) is 2.51. The van der Waals surface area contributed by atoms with Crippen molar-refractivity contribution in [3.05, 3.63) is 35.5 Å². The van der Waals surface area contributed by atoms with E-state index in [2.05, 4.69) is 31.2 Å². The van der Waals surface area contributed by atoms with Gasteiger partial charge in [-0.2, -0.15) is 0 Å². The minimum atomic E-state index is -0.695. The molecule has 0 spiro atoms. The lowest BCUT2D eigenvalue weighted by atomic mass is 9.55. The fourth-order valence-electron chi connectivity index (χ4n) is 5.90. The fourth-order valence-corrected chi connectivity index (χ4v) is 5.90. The van der Waals surface area contributed by atoms with Crippen molar-refractivity contribution in [2.75, 3.05) is 0 Å². The van der Waals surface area contributed by atoms with Crippen LogP contribution in [0.15, 0.2) is 35.5 Å². The predicted octanol–water partition coefficient (Wildman–Crippen LogP) is 4.74. The molecule has 0 amide bonds. The van der Waals surface area contributed by atoms with Crippen LogP contribution in [0.5, 0.6) is 0 Å². The Morgan fingerprint density at radius 3 is 3.00 bits per heavy atom. The zero-order valence-electron chi connectivity index (χ0n) is 13.4. The van der Waals surface area contributed by atoms with Crippen LogP contribution >= 0.6 is 0 Å². The number of hydrogen-bond donors (Lipinski definition) is 1. The number of carboxylic acid groups (broad SMARTS) is 1. The van der Waals surface area contributed by atoms with Crippen LogP contribution in [0.4, 0.5) is 0 Å². The predicted molar refractivity (Wildman–Crippen MR) is 87.3 cm³/mol. The summed E-state index contributed by atoms with van der Waals surface area (Å²) in [5, 5.41) is 9.16. The Morgan fingerprint density at radius 1 is 1.32 bits per heavy atom. The molecule has 4 aliphatic rings. The third-order valence-corrected chi connectivity index (χ3v) is 6.96. The van der Waals surface area contributed by atoms with Gasteiger partial charge in [-0.3, -0.25) is 4.79 Å². The number of hydrogen-bond acceptors (Lipinski definition) is 1.